The number of carbonyl (C=O) groups excluding carboxylic acids is 1. The molecule has 0 fully saturated rings. The van der Waals surface area contributed by atoms with E-state index in [9.17, 15) is 4.79 Å². The van der Waals surface area contributed by atoms with E-state index in [0.717, 1.165) is 0 Å². The van der Waals surface area contributed by atoms with Crippen molar-refractivity contribution in [2.75, 3.05) is 26.0 Å². The lowest BCUT2D eigenvalue weighted by Crippen LogP contribution is -2.24. The summed E-state index contributed by atoms with van der Waals surface area (Å²) in [6.07, 6.45) is 3.43. The normalized spacial score (nSPS) is 9.76. The molecule has 1 aromatic rings. The number of carbonyl (C=O) groups is 1. The van der Waals surface area contributed by atoms with E-state index in [-0.39, 0.29) is 10.9 Å². The Morgan fingerprint density at radius 3 is 2.71 bits per heavy atom. The molecule has 7 heteroatoms. The number of hydrogen-bond acceptors (Lipinski definition) is 5. The fourth-order valence-corrected chi connectivity index (χ4v) is 1.31. The van der Waals surface area contributed by atoms with Crippen molar-refractivity contribution in [2.24, 2.45) is 5.73 Å². The third-order valence-electron chi connectivity index (χ3n) is 2.06. The van der Waals surface area contributed by atoms with Gasteiger partial charge in [-0.05, 0) is 0 Å². The van der Waals surface area contributed by atoms with Crippen LogP contribution >= 0.6 is 12.2 Å². The standard InChI is InChI=1S/C10H15N5OS/c1-15(2)7(16)3-4-13-10-8(9(11)17)12-5-6-14-10/h5-6H,3-4H2,1-2H3,(H2,11,17)(H,13,14). The Hall–Kier alpha value is -1.76. The molecular formula is C10H15N5OS. The zero-order chi connectivity index (χ0) is 12.8. The lowest BCUT2D eigenvalue weighted by molar-refractivity contribution is -0.128. The number of amides is 1. The third kappa shape index (κ3) is 3.95. The Kier molecular flexibility index (Phi) is 4.77. The fraction of sp³-hybridized carbons (Fsp3) is 0.400. The van der Waals surface area contributed by atoms with Gasteiger partial charge in [-0.15, -0.1) is 0 Å². The van der Waals surface area contributed by atoms with Crippen LogP contribution < -0.4 is 11.1 Å². The molecule has 0 bridgehead atoms. The monoisotopic (exact) mass is 253 g/mol. The highest BCUT2D eigenvalue weighted by Crippen LogP contribution is 2.07. The summed E-state index contributed by atoms with van der Waals surface area (Å²) in [5.74, 6) is 0.546. The number of nitrogens with one attached hydrogen (secondary N) is 1. The highest BCUT2D eigenvalue weighted by Gasteiger charge is 2.08. The van der Waals surface area contributed by atoms with Gasteiger partial charge in [0.2, 0.25) is 5.91 Å². The summed E-state index contributed by atoms with van der Waals surface area (Å²) in [5.41, 5.74) is 5.95. The van der Waals surface area contributed by atoms with Crippen molar-refractivity contribution >= 4 is 28.9 Å². The van der Waals surface area contributed by atoms with Gasteiger partial charge in [-0.2, -0.15) is 0 Å². The summed E-state index contributed by atoms with van der Waals surface area (Å²) >= 11 is 4.85. The molecule has 1 rings (SSSR count). The van der Waals surface area contributed by atoms with Gasteiger partial charge in [0, 0.05) is 39.5 Å². The van der Waals surface area contributed by atoms with Gasteiger partial charge in [0.1, 0.15) is 10.7 Å². The van der Waals surface area contributed by atoms with Crippen LogP contribution in [0.5, 0.6) is 0 Å². The summed E-state index contributed by atoms with van der Waals surface area (Å²) in [6, 6.07) is 0. The van der Waals surface area contributed by atoms with Crippen molar-refractivity contribution in [3.05, 3.63) is 18.1 Å². The van der Waals surface area contributed by atoms with E-state index in [2.05, 4.69) is 15.3 Å². The van der Waals surface area contributed by atoms with E-state index >= 15 is 0 Å². The largest absolute Gasteiger partial charge is 0.388 e. The average molecular weight is 253 g/mol. The molecule has 0 aliphatic rings. The van der Waals surface area contributed by atoms with Crippen LogP contribution in [-0.4, -0.2) is 46.4 Å². The molecule has 0 saturated heterocycles. The first-order valence-electron chi connectivity index (χ1n) is 5.07. The van der Waals surface area contributed by atoms with Crippen molar-refractivity contribution in [1.82, 2.24) is 14.9 Å². The smallest absolute Gasteiger partial charge is 0.223 e. The van der Waals surface area contributed by atoms with Crippen molar-refractivity contribution in [3.8, 4) is 0 Å². The number of anilines is 1. The van der Waals surface area contributed by atoms with Crippen LogP contribution in [0.4, 0.5) is 5.82 Å². The molecule has 1 amide bonds. The van der Waals surface area contributed by atoms with Gasteiger partial charge in [0.05, 0.1) is 0 Å². The number of hydrogen-bond donors (Lipinski definition) is 2. The summed E-state index contributed by atoms with van der Waals surface area (Å²) in [4.78, 5) is 21.2. The predicted molar refractivity (Wildman–Crippen MR) is 69.7 cm³/mol. The lowest BCUT2D eigenvalue weighted by atomic mass is 10.3. The Bertz CT molecular complexity index is 421. The molecule has 0 aliphatic heterocycles. The van der Waals surface area contributed by atoms with Gasteiger partial charge >= 0.3 is 0 Å². The van der Waals surface area contributed by atoms with Crippen molar-refractivity contribution in [2.45, 2.75) is 6.42 Å². The van der Waals surface area contributed by atoms with Crippen LogP contribution in [0.25, 0.3) is 0 Å². The van der Waals surface area contributed by atoms with Crippen LogP contribution in [0.1, 0.15) is 12.1 Å². The Balaban J connectivity index is 2.58. The molecule has 0 spiro atoms. The maximum atomic E-state index is 11.4. The molecule has 0 aliphatic carbocycles. The Morgan fingerprint density at radius 2 is 2.12 bits per heavy atom. The number of rotatable bonds is 5. The van der Waals surface area contributed by atoms with Gasteiger partial charge in [-0.3, -0.25) is 4.79 Å². The molecule has 0 saturated carbocycles. The molecule has 1 heterocycles. The first-order valence-corrected chi connectivity index (χ1v) is 5.48. The van der Waals surface area contributed by atoms with Gasteiger partial charge in [-0.1, -0.05) is 12.2 Å². The van der Waals surface area contributed by atoms with Gasteiger partial charge in [0.25, 0.3) is 0 Å². The highest BCUT2D eigenvalue weighted by atomic mass is 32.1. The van der Waals surface area contributed by atoms with Gasteiger partial charge in [0.15, 0.2) is 5.82 Å². The van der Waals surface area contributed by atoms with E-state index in [1.165, 1.54) is 17.3 Å². The molecule has 0 atom stereocenters. The highest BCUT2D eigenvalue weighted by molar-refractivity contribution is 7.80. The molecule has 0 radical (unpaired) electrons. The second kappa shape index (κ2) is 6.09. The van der Waals surface area contributed by atoms with E-state index in [1.54, 1.807) is 14.1 Å². The van der Waals surface area contributed by atoms with Gasteiger partial charge in [-0.25, -0.2) is 9.97 Å². The first kappa shape index (κ1) is 13.3. The number of thiocarbonyl (C=S) groups is 1. The summed E-state index contributed by atoms with van der Waals surface area (Å²) in [7, 11) is 3.43. The third-order valence-corrected chi connectivity index (χ3v) is 2.26. The number of nitrogens with zero attached hydrogens (tertiary/aromatic N) is 3. The maximum Gasteiger partial charge on any atom is 0.223 e. The molecule has 6 nitrogen and oxygen atoms in total. The maximum absolute atomic E-state index is 11.4. The molecule has 0 unspecified atom stereocenters. The van der Waals surface area contributed by atoms with E-state index < -0.39 is 0 Å². The van der Waals surface area contributed by atoms with Crippen molar-refractivity contribution < 1.29 is 4.79 Å². The SMILES string of the molecule is CN(C)C(=O)CCNc1nccnc1C(N)=S. The van der Waals surface area contributed by atoms with Crippen molar-refractivity contribution in [1.29, 1.82) is 0 Å². The van der Waals surface area contributed by atoms with Gasteiger partial charge < -0.3 is 16.0 Å². The molecule has 0 aromatic carbocycles. The Morgan fingerprint density at radius 1 is 1.47 bits per heavy atom. The molecule has 3 N–H and O–H groups in total. The van der Waals surface area contributed by atoms with Crippen LogP contribution in [0.3, 0.4) is 0 Å². The lowest BCUT2D eigenvalue weighted by Gasteiger charge is -2.11. The summed E-state index contributed by atoms with van der Waals surface area (Å²) < 4.78 is 0. The summed E-state index contributed by atoms with van der Waals surface area (Å²) in [6.45, 7) is 0.464. The topological polar surface area (TPSA) is 84.1 Å². The number of nitrogens with two attached hydrogens (primary N) is 1. The minimum Gasteiger partial charge on any atom is -0.388 e. The predicted octanol–water partition coefficient (Wildman–Crippen LogP) is 0.001000. The van der Waals surface area contributed by atoms with Crippen LogP contribution in [0, 0.1) is 0 Å². The molecular weight excluding hydrogens is 238 g/mol. The first-order chi connectivity index (χ1) is 8.02. The van der Waals surface area contributed by atoms with E-state index in [1.807, 2.05) is 0 Å². The average Bonchev–Trinajstić information content (AvgIpc) is 2.29. The zero-order valence-electron chi connectivity index (χ0n) is 9.80. The van der Waals surface area contributed by atoms with Crippen LogP contribution in [0.2, 0.25) is 0 Å². The number of aromatic nitrogens is 2. The molecule has 92 valence electrons. The molecule has 1 aromatic heterocycles. The quantitative estimate of drug-likeness (QED) is 0.719. The zero-order valence-corrected chi connectivity index (χ0v) is 10.6. The fourth-order valence-electron chi connectivity index (χ4n) is 1.16. The van der Waals surface area contributed by atoms with E-state index in [4.69, 9.17) is 18.0 Å². The van der Waals surface area contributed by atoms with Crippen LogP contribution in [0.15, 0.2) is 12.4 Å². The summed E-state index contributed by atoms with van der Waals surface area (Å²) in [5, 5.41) is 2.99. The minimum atomic E-state index is 0.0401. The molecule has 17 heavy (non-hydrogen) atoms. The Labute approximate surface area is 105 Å². The second-order valence-corrected chi connectivity index (χ2v) is 4.02. The van der Waals surface area contributed by atoms with Crippen molar-refractivity contribution in [3.63, 3.8) is 0 Å². The van der Waals surface area contributed by atoms with E-state index in [0.29, 0.717) is 24.5 Å². The minimum absolute atomic E-state index is 0.0401. The van der Waals surface area contributed by atoms with Crippen LogP contribution in [-0.2, 0) is 4.79 Å². The second-order valence-electron chi connectivity index (χ2n) is 3.58.